The molecule has 1 aliphatic carbocycles. The Bertz CT molecular complexity index is 817. The van der Waals surface area contributed by atoms with Crippen molar-refractivity contribution in [2.45, 2.75) is 38.6 Å². The van der Waals surface area contributed by atoms with E-state index < -0.39 is 0 Å². The number of hydrogen-bond acceptors (Lipinski definition) is 4. The molecule has 0 spiro atoms. The Balaban J connectivity index is 0.00000126. The van der Waals surface area contributed by atoms with Crippen LogP contribution >= 0.6 is 11.6 Å². The molecule has 2 aromatic rings. The zero-order chi connectivity index (χ0) is 20.0. The molecular formula is C21H26ClN3O2. The van der Waals surface area contributed by atoms with E-state index in [1.165, 1.54) is 18.4 Å². The molecule has 3 rings (SSSR count). The van der Waals surface area contributed by atoms with Crippen LogP contribution in [0.1, 0.15) is 43.7 Å². The largest absolute Gasteiger partial charge is 0.496 e. The van der Waals surface area contributed by atoms with E-state index >= 15 is 0 Å². The van der Waals surface area contributed by atoms with Gasteiger partial charge in [0.2, 0.25) is 0 Å². The highest BCUT2D eigenvalue weighted by atomic mass is 35.5. The predicted octanol–water partition coefficient (Wildman–Crippen LogP) is 4.90. The van der Waals surface area contributed by atoms with E-state index in [4.69, 9.17) is 26.9 Å². The van der Waals surface area contributed by atoms with Gasteiger partial charge in [-0.2, -0.15) is 0 Å². The van der Waals surface area contributed by atoms with E-state index in [1.807, 2.05) is 44.9 Å². The van der Waals surface area contributed by atoms with E-state index in [1.54, 1.807) is 7.11 Å². The van der Waals surface area contributed by atoms with Gasteiger partial charge in [-0.3, -0.25) is 4.99 Å². The maximum Gasteiger partial charge on any atom is 0.132 e. The summed E-state index contributed by atoms with van der Waals surface area (Å²) in [6.45, 7) is 6.00. The second kappa shape index (κ2) is 9.42. The van der Waals surface area contributed by atoms with Gasteiger partial charge in [0.1, 0.15) is 18.4 Å². The van der Waals surface area contributed by atoms with E-state index in [-0.39, 0.29) is 6.04 Å². The third-order valence-corrected chi connectivity index (χ3v) is 4.52. The third kappa shape index (κ3) is 5.23. The minimum atomic E-state index is 0.0981. The van der Waals surface area contributed by atoms with Crippen molar-refractivity contribution in [2.75, 3.05) is 12.4 Å². The van der Waals surface area contributed by atoms with Crippen LogP contribution in [0.3, 0.4) is 0 Å². The Morgan fingerprint density at radius 2 is 1.93 bits per heavy atom. The lowest BCUT2D eigenvalue weighted by Crippen LogP contribution is -2.19. The number of para-hydroxylation sites is 1. The van der Waals surface area contributed by atoms with E-state index in [0.717, 1.165) is 22.7 Å². The molecule has 1 saturated carbocycles. The zero-order valence-electron chi connectivity index (χ0n) is 16.0. The lowest BCUT2D eigenvalue weighted by atomic mass is 10.0. The maximum atomic E-state index is 8.00. The van der Waals surface area contributed by atoms with Gasteiger partial charge in [-0.25, -0.2) is 0 Å². The zero-order valence-corrected chi connectivity index (χ0v) is 16.7. The molecular weight excluding hydrogens is 362 g/mol. The molecule has 0 atom stereocenters. The molecule has 0 aromatic heterocycles. The van der Waals surface area contributed by atoms with Gasteiger partial charge in [-0.15, -0.1) is 0 Å². The molecule has 0 radical (unpaired) electrons. The molecule has 0 heterocycles. The predicted molar refractivity (Wildman–Crippen MR) is 113 cm³/mol. The van der Waals surface area contributed by atoms with Crippen molar-refractivity contribution in [3.8, 4) is 5.75 Å². The van der Waals surface area contributed by atoms with Crippen LogP contribution in [-0.4, -0.2) is 25.8 Å². The Labute approximate surface area is 165 Å². The van der Waals surface area contributed by atoms with Gasteiger partial charge in [0, 0.05) is 6.04 Å². The monoisotopic (exact) mass is 387 g/mol. The van der Waals surface area contributed by atoms with Crippen molar-refractivity contribution in [3.63, 3.8) is 0 Å². The van der Waals surface area contributed by atoms with E-state index in [2.05, 4.69) is 22.4 Å². The lowest BCUT2D eigenvalue weighted by molar-refractivity contribution is -0.0979. The lowest BCUT2D eigenvalue weighted by Gasteiger charge is -2.18. The molecule has 27 heavy (non-hydrogen) atoms. The Hall–Kier alpha value is -2.53. The Morgan fingerprint density at radius 1 is 1.26 bits per heavy atom. The minimum absolute atomic E-state index is 0.0981. The standard InChI is InChI=1S/C20H24ClN3O.CH2O/c1-12(2)23-20(22)19-17(24-16-7-5-4-6-15(16)21)10-14(13-8-9-13)11-18(19)25-3;1-2/h4-7,10-13,24H,8-9H2,1-3H3,(H2,22,23);1H2. The third-order valence-electron chi connectivity index (χ3n) is 4.19. The highest BCUT2D eigenvalue weighted by Crippen LogP contribution is 2.44. The van der Waals surface area contributed by atoms with Crippen molar-refractivity contribution in [2.24, 2.45) is 10.7 Å². The quantitative estimate of drug-likeness (QED) is 0.546. The molecule has 0 bridgehead atoms. The minimum Gasteiger partial charge on any atom is -0.496 e. The SMILES string of the molecule is C=O.COc1cc(C2CC2)cc(Nc2ccccc2Cl)c1C(N)=NC(C)C. The van der Waals surface area contributed by atoms with Gasteiger partial charge >= 0.3 is 0 Å². The van der Waals surface area contributed by atoms with Crippen LogP contribution in [0.4, 0.5) is 11.4 Å². The molecule has 1 fully saturated rings. The van der Waals surface area contributed by atoms with Crippen LogP contribution in [0.15, 0.2) is 41.4 Å². The Morgan fingerprint density at radius 3 is 2.48 bits per heavy atom. The molecule has 1 aliphatic rings. The van der Waals surface area contributed by atoms with Crippen LogP contribution in [-0.2, 0) is 4.79 Å². The second-order valence-electron chi connectivity index (χ2n) is 6.63. The van der Waals surface area contributed by atoms with Crippen LogP contribution in [0.5, 0.6) is 5.75 Å². The highest BCUT2D eigenvalue weighted by molar-refractivity contribution is 6.33. The fourth-order valence-corrected chi connectivity index (χ4v) is 3.05. The van der Waals surface area contributed by atoms with E-state index in [0.29, 0.717) is 16.8 Å². The normalized spacial score (nSPS) is 13.7. The molecule has 0 aliphatic heterocycles. The number of nitrogens with two attached hydrogens (primary N) is 1. The summed E-state index contributed by atoms with van der Waals surface area (Å²) < 4.78 is 5.64. The van der Waals surface area contributed by atoms with Gasteiger partial charge in [0.15, 0.2) is 0 Å². The topological polar surface area (TPSA) is 76.7 Å². The van der Waals surface area contributed by atoms with E-state index in [9.17, 15) is 0 Å². The first-order chi connectivity index (χ1) is 13.0. The Kier molecular flexibility index (Phi) is 7.25. The number of aliphatic imine (C=N–C) groups is 1. The summed E-state index contributed by atoms with van der Waals surface area (Å²) in [5.74, 6) is 1.79. The smallest absolute Gasteiger partial charge is 0.132 e. The number of anilines is 2. The number of benzene rings is 2. The van der Waals surface area contributed by atoms with Crippen LogP contribution in [0.2, 0.25) is 5.02 Å². The average molecular weight is 388 g/mol. The molecule has 144 valence electrons. The number of hydrogen-bond donors (Lipinski definition) is 2. The van der Waals surface area contributed by atoms with Gasteiger partial charge in [0.25, 0.3) is 0 Å². The van der Waals surface area contributed by atoms with Gasteiger partial charge in [0.05, 0.1) is 29.1 Å². The van der Waals surface area contributed by atoms with Crippen molar-refractivity contribution < 1.29 is 9.53 Å². The molecule has 5 nitrogen and oxygen atoms in total. The number of carbonyl (C=O) groups is 1. The molecule has 0 amide bonds. The number of halogens is 1. The molecule has 2 aromatic carbocycles. The summed E-state index contributed by atoms with van der Waals surface area (Å²) in [5.41, 5.74) is 10.0. The van der Waals surface area contributed by atoms with Gasteiger partial charge in [-0.05, 0) is 62.4 Å². The van der Waals surface area contributed by atoms with Crippen LogP contribution in [0, 0.1) is 0 Å². The summed E-state index contributed by atoms with van der Waals surface area (Å²) in [7, 11) is 1.66. The first-order valence-corrected chi connectivity index (χ1v) is 9.23. The first-order valence-electron chi connectivity index (χ1n) is 8.85. The molecule has 0 saturated heterocycles. The van der Waals surface area contributed by atoms with Gasteiger partial charge < -0.3 is 20.6 Å². The number of ether oxygens (including phenoxy) is 1. The number of nitrogens with zero attached hydrogens (tertiary/aromatic N) is 1. The second-order valence-corrected chi connectivity index (χ2v) is 7.04. The van der Waals surface area contributed by atoms with Crippen molar-refractivity contribution in [3.05, 3.63) is 52.5 Å². The number of rotatable bonds is 6. The van der Waals surface area contributed by atoms with Crippen molar-refractivity contribution in [1.29, 1.82) is 0 Å². The van der Waals surface area contributed by atoms with Crippen LogP contribution < -0.4 is 15.8 Å². The summed E-state index contributed by atoms with van der Waals surface area (Å²) in [4.78, 5) is 12.5. The molecule has 0 unspecified atom stereocenters. The van der Waals surface area contributed by atoms with Crippen LogP contribution in [0.25, 0.3) is 0 Å². The summed E-state index contributed by atoms with van der Waals surface area (Å²) >= 11 is 6.32. The highest BCUT2D eigenvalue weighted by Gasteiger charge is 2.27. The fourth-order valence-electron chi connectivity index (χ4n) is 2.86. The maximum absolute atomic E-state index is 8.00. The van der Waals surface area contributed by atoms with Crippen molar-refractivity contribution in [1.82, 2.24) is 0 Å². The molecule has 3 N–H and O–H groups in total. The number of amidine groups is 1. The first kappa shape index (κ1) is 20.8. The summed E-state index contributed by atoms with van der Waals surface area (Å²) in [6.07, 6.45) is 2.42. The summed E-state index contributed by atoms with van der Waals surface area (Å²) in [6, 6.07) is 12.0. The average Bonchev–Trinajstić information content (AvgIpc) is 3.49. The number of methoxy groups -OCH3 is 1. The summed E-state index contributed by atoms with van der Waals surface area (Å²) in [5, 5.41) is 4.08. The van der Waals surface area contributed by atoms with Gasteiger partial charge in [-0.1, -0.05) is 23.7 Å². The fraction of sp³-hybridized carbons (Fsp3) is 0.333. The number of carbonyl (C=O) groups excluding carboxylic acids is 1. The van der Waals surface area contributed by atoms with Crippen molar-refractivity contribution >= 4 is 35.6 Å². The number of nitrogens with one attached hydrogen (secondary N) is 1. The molecule has 6 heteroatoms.